The van der Waals surface area contributed by atoms with Crippen LogP contribution >= 0.6 is 46.6 Å². The topological polar surface area (TPSA) is 66.8 Å². The molecule has 1 saturated heterocycles. The molecule has 0 bridgehead atoms. The van der Waals surface area contributed by atoms with Crippen molar-refractivity contribution < 1.29 is 19.4 Å². The van der Waals surface area contributed by atoms with Gasteiger partial charge in [0.2, 0.25) is 0 Å². The summed E-state index contributed by atoms with van der Waals surface area (Å²) >= 11 is 8.51. The van der Waals surface area contributed by atoms with Gasteiger partial charge < -0.3 is 9.84 Å². The maximum Gasteiger partial charge on any atom is 0.341 e. The fourth-order valence-electron chi connectivity index (χ4n) is 1.79. The molecule has 0 radical (unpaired) electrons. The molecule has 116 valence electrons. The van der Waals surface area contributed by atoms with Gasteiger partial charge in [-0.15, -0.1) is 0 Å². The van der Waals surface area contributed by atoms with Crippen LogP contribution < -0.4 is 4.74 Å². The number of carboxylic acid groups (broad SMARTS) is 1. The van der Waals surface area contributed by atoms with Gasteiger partial charge in [-0.1, -0.05) is 30.0 Å². The summed E-state index contributed by atoms with van der Waals surface area (Å²) in [5.41, 5.74) is 0.837. The van der Waals surface area contributed by atoms with Crippen LogP contribution in [0.5, 0.6) is 5.75 Å². The summed E-state index contributed by atoms with van der Waals surface area (Å²) in [4.78, 5) is 24.8. The van der Waals surface area contributed by atoms with Crippen molar-refractivity contribution in [2.45, 2.75) is 6.92 Å². The van der Waals surface area contributed by atoms with Crippen molar-refractivity contribution in [3.63, 3.8) is 0 Å². The number of benzene rings is 1. The molecule has 1 aliphatic rings. The lowest BCUT2D eigenvalue weighted by Gasteiger charge is -2.09. The molecule has 0 spiro atoms. The first kappa shape index (κ1) is 17.2. The number of aliphatic carboxylic acids is 1. The minimum absolute atomic E-state index is 0.0845. The quantitative estimate of drug-likeness (QED) is 0.424. The molecular weight excluding hydrogens is 437 g/mol. The highest BCUT2D eigenvalue weighted by Gasteiger charge is 2.30. The van der Waals surface area contributed by atoms with Crippen LogP contribution in [-0.2, 0) is 9.59 Å². The van der Waals surface area contributed by atoms with Crippen LogP contribution in [-0.4, -0.2) is 39.4 Å². The average Bonchev–Trinajstić information content (AvgIpc) is 2.72. The number of thioether (sulfide) groups is 1. The fourth-order valence-corrected chi connectivity index (χ4v) is 3.87. The first-order valence-corrected chi connectivity index (χ1v) is 8.62. The molecule has 1 amide bonds. The van der Waals surface area contributed by atoms with E-state index in [4.69, 9.17) is 22.1 Å². The predicted molar refractivity (Wildman–Crippen MR) is 97.8 cm³/mol. The molecule has 1 fully saturated rings. The second kappa shape index (κ2) is 7.42. The summed E-state index contributed by atoms with van der Waals surface area (Å²) < 4.78 is 6.51. The lowest BCUT2D eigenvalue weighted by molar-refractivity contribution is -0.139. The molecule has 1 aromatic carbocycles. The highest BCUT2D eigenvalue weighted by Crippen LogP contribution is 2.33. The van der Waals surface area contributed by atoms with Gasteiger partial charge in [0.15, 0.2) is 6.61 Å². The first-order valence-electron chi connectivity index (χ1n) is 6.32. The minimum atomic E-state index is -1.02. The summed E-state index contributed by atoms with van der Waals surface area (Å²) in [5, 5.41) is 8.62. The SMILES string of the molecule is CCN1C(=O)/C(=C/c2ccc(OCC(=O)O)c(I)c2)SC1=S. The van der Waals surface area contributed by atoms with Gasteiger partial charge in [0.05, 0.1) is 8.48 Å². The molecule has 1 aliphatic heterocycles. The molecule has 22 heavy (non-hydrogen) atoms. The van der Waals surface area contributed by atoms with Crippen molar-refractivity contribution in [3.05, 3.63) is 32.2 Å². The van der Waals surface area contributed by atoms with Crippen molar-refractivity contribution >= 4 is 68.8 Å². The molecule has 5 nitrogen and oxygen atoms in total. The predicted octanol–water partition coefficient (Wildman–Crippen LogP) is 2.98. The Bertz CT molecular complexity index is 675. The monoisotopic (exact) mass is 449 g/mol. The Morgan fingerprint density at radius 2 is 2.27 bits per heavy atom. The molecule has 0 saturated carbocycles. The number of carbonyl (C=O) groups excluding carboxylic acids is 1. The van der Waals surface area contributed by atoms with Crippen LogP contribution in [0.15, 0.2) is 23.1 Å². The number of rotatable bonds is 5. The Hall–Kier alpha value is -1.13. The summed E-state index contributed by atoms with van der Waals surface area (Å²) in [5.74, 6) is -0.608. The Kier molecular flexibility index (Phi) is 5.81. The molecule has 1 N–H and O–H groups in total. The third kappa shape index (κ3) is 3.99. The summed E-state index contributed by atoms with van der Waals surface area (Å²) in [6, 6.07) is 5.30. The van der Waals surface area contributed by atoms with E-state index < -0.39 is 5.97 Å². The van der Waals surface area contributed by atoms with Crippen LogP contribution in [0.4, 0.5) is 0 Å². The van der Waals surface area contributed by atoms with E-state index in [1.54, 1.807) is 23.1 Å². The summed E-state index contributed by atoms with van der Waals surface area (Å²) in [7, 11) is 0. The molecule has 0 atom stereocenters. The first-order chi connectivity index (χ1) is 10.4. The molecule has 1 aromatic rings. The Morgan fingerprint density at radius 3 is 2.82 bits per heavy atom. The smallest absolute Gasteiger partial charge is 0.341 e. The van der Waals surface area contributed by atoms with Crippen LogP contribution in [0.25, 0.3) is 6.08 Å². The number of halogens is 1. The number of carbonyl (C=O) groups is 2. The average molecular weight is 449 g/mol. The molecular formula is C14H12INO4S2. The molecule has 1 heterocycles. The standard InChI is InChI=1S/C14H12INO4S2/c1-2-16-13(19)11(22-14(16)21)6-8-3-4-10(9(15)5-8)20-7-12(17)18/h3-6H,2,7H2,1H3,(H,17,18)/b11-6-. The van der Waals surface area contributed by atoms with E-state index in [0.717, 1.165) is 9.13 Å². The van der Waals surface area contributed by atoms with E-state index in [0.29, 0.717) is 21.5 Å². The largest absolute Gasteiger partial charge is 0.481 e. The third-order valence-electron chi connectivity index (χ3n) is 2.79. The number of amides is 1. The zero-order valence-electron chi connectivity index (χ0n) is 11.5. The lowest BCUT2D eigenvalue weighted by Crippen LogP contribution is -2.27. The number of hydrogen-bond donors (Lipinski definition) is 1. The van der Waals surface area contributed by atoms with E-state index in [-0.39, 0.29) is 12.5 Å². The normalized spacial score (nSPS) is 16.5. The third-order valence-corrected chi connectivity index (χ3v) is 5.02. The summed E-state index contributed by atoms with van der Waals surface area (Å²) in [6.45, 7) is 2.05. The molecule has 2 rings (SSSR count). The van der Waals surface area contributed by atoms with E-state index >= 15 is 0 Å². The fraction of sp³-hybridized carbons (Fsp3) is 0.214. The van der Waals surface area contributed by atoms with E-state index in [9.17, 15) is 9.59 Å². The maximum absolute atomic E-state index is 12.1. The molecule has 8 heteroatoms. The van der Waals surface area contributed by atoms with Gasteiger partial charge in [-0.05, 0) is 53.3 Å². The number of hydrogen-bond acceptors (Lipinski definition) is 5. The number of ether oxygens (including phenoxy) is 1. The van der Waals surface area contributed by atoms with Gasteiger partial charge in [-0.2, -0.15) is 0 Å². The minimum Gasteiger partial charge on any atom is -0.481 e. The maximum atomic E-state index is 12.1. The second-order valence-electron chi connectivity index (χ2n) is 4.30. The number of thiocarbonyl (C=S) groups is 1. The van der Waals surface area contributed by atoms with Gasteiger partial charge in [0.25, 0.3) is 5.91 Å². The molecule has 0 unspecified atom stereocenters. The van der Waals surface area contributed by atoms with E-state index in [1.165, 1.54) is 11.8 Å². The van der Waals surface area contributed by atoms with Crippen LogP contribution in [0, 0.1) is 3.57 Å². The highest BCUT2D eigenvalue weighted by molar-refractivity contribution is 14.1. The lowest BCUT2D eigenvalue weighted by atomic mass is 10.2. The van der Waals surface area contributed by atoms with Crippen molar-refractivity contribution in [1.29, 1.82) is 0 Å². The van der Waals surface area contributed by atoms with Crippen molar-refractivity contribution in [2.24, 2.45) is 0 Å². The number of nitrogens with zero attached hydrogens (tertiary/aromatic N) is 1. The highest BCUT2D eigenvalue weighted by atomic mass is 127. The number of carboxylic acids is 1. The van der Waals surface area contributed by atoms with Crippen LogP contribution in [0.1, 0.15) is 12.5 Å². The van der Waals surface area contributed by atoms with Gasteiger partial charge >= 0.3 is 5.97 Å². The van der Waals surface area contributed by atoms with Crippen molar-refractivity contribution in [3.8, 4) is 5.75 Å². The molecule has 0 aromatic heterocycles. The van der Waals surface area contributed by atoms with Gasteiger partial charge in [-0.3, -0.25) is 9.69 Å². The second-order valence-corrected chi connectivity index (χ2v) is 7.14. The van der Waals surface area contributed by atoms with Gasteiger partial charge in [0, 0.05) is 6.54 Å². The Balaban J connectivity index is 2.19. The van der Waals surface area contributed by atoms with Crippen molar-refractivity contribution in [2.75, 3.05) is 13.2 Å². The van der Waals surface area contributed by atoms with Crippen LogP contribution in [0.3, 0.4) is 0 Å². The zero-order chi connectivity index (χ0) is 16.3. The Morgan fingerprint density at radius 1 is 1.55 bits per heavy atom. The molecule has 0 aliphatic carbocycles. The van der Waals surface area contributed by atoms with Crippen molar-refractivity contribution in [1.82, 2.24) is 4.90 Å². The summed E-state index contributed by atoms with van der Waals surface area (Å²) in [6.07, 6.45) is 1.78. The number of likely N-dealkylation sites (N-methyl/N-ethyl adjacent to an activating group) is 1. The van der Waals surface area contributed by atoms with Crippen LogP contribution in [0.2, 0.25) is 0 Å². The zero-order valence-corrected chi connectivity index (χ0v) is 15.3. The van der Waals surface area contributed by atoms with E-state index in [1.807, 2.05) is 13.0 Å². The Labute approximate surface area is 150 Å². The van der Waals surface area contributed by atoms with E-state index in [2.05, 4.69) is 22.6 Å². The van der Waals surface area contributed by atoms with Gasteiger partial charge in [-0.25, -0.2) is 4.79 Å². The van der Waals surface area contributed by atoms with Gasteiger partial charge in [0.1, 0.15) is 10.1 Å².